The summed E-state index contributed by atoms with van der Waals surface area (Å²) in [7, 11) is 0. The zero-order valence-corrected chi connectivity index (χ0v) is 28.3. The minimum Gasteiger partial charge on any atom is -0.390 e. The molecule has 4 aliphatic carbocycles. The molecule has 5 heteroatoms. The molecule has 0 bridgehead atoms. The molecule has 248 valence electrons. The first kappa shape index (κ1) is 34.2. The van der Waals surface area contributed by atoms with E-state index in [9.17, 15) is 23.1 Å². The van der Waals surface area contributed by atoms with Gasteiger partial charge in [0.05, 0.1) is 5.60 Å². The van der Waals surface area contributed by atoms with Gasteiger partial charge in [0.2, 0.25) is 0 Å². The summed E-state index contributed by atoms with van der Waals surface area (Å²) < 4.78 is 38.7. The van der Waals surface area contributed by atoms with Crippen LogP contribution in [-0.4, -0.2) is 22.7 Å². The third-order valence-electron chi connectivity index (χ3n) is 12.8. The summed E-state index contributed by atoms with van der Waals surface area (Å²) in [6.07, 6.45) is 8.21. The van der Waals surface area contributed by atoms with Gasteiger partial charge in [-0.2, -0.15) is 13.2 Å². The molecule has 2 nitrogen and oxygen atoms in total. The summed E-state index contributed by atoms with van der Waals surface area (Å²) in [5.41, 5.74) is 7.64. The van der Waals surface area contributed by atoms with Crippen molar-refractivity contribution < 1.29 is 23.1 Å². The predicted molar refractivity (Wildman–Crippen MR) is 177 cm³/mol. The highest BCUT2D eigenvalue weighted by molar-refractivity contribution is 5.80. The first-order valence-electron chi connectivity index (χ1n) is 17.8. The summed E-state index contributed by atoms with van der Waals surface area (Å²) in [6, 6.07) is 13.7. The molecule has 0 aromatic heterocycles. The van der Waals surface area contributed by atoms with Crippen LogP contribution in [0.4, 0.5) is 13.2 Å². The number of benzene rings is 2. The van der Waals surface area contributed by atoms with Crippen LogP contribution in [0.1, 0.15) is 138 Å². The number of alkyl halides is 3. The largest absolute Gasteiger partial charge is 0.390 e. The van der Waals surface area contributed by atoms with Gasteiger partial charge >= 0.3 is 6.18 Å². The van der Waals surface area contributed by atoms with Crippen LogP contribution in [-0.2, 0) is 28.5 Å². The third-order valence-corrected chi connectivity index (χ3v) is 12.8. The zero-order chi connectivity index (χ0) is 32.6. The third kappa shape index (κ3) is 6.81. The smallest absolute Gasteiger partial charge is 0.389 e. The number of Topliss-reactive ketones (excluding diaryl/α,β-unsaturated/α-hetero) is 1. The van der Waals surface area contributed by atoms with Crippen LogP contribution in [0.2, 0.25) is 0 Å². The molecule has 1 N–H and O–H groups in total. The molecule has 6 atom stereocenters. The quantitative estimate of drug-likeness (QED) is 0.368. The molecule has 2 aromatic carbocycles. The van der Waals surface area contributed by atoms with Gasteiger partial charge in [-0.15, -0.1) is 0 Å². The Labute approximate surface area is 269 Å². The second-order valence-corrected chi connectivity index (χ2v) is 15.3. The fourth-order valence-electron chi connectivity index (χ4n) is 10.2. The number of ketones is 1. The zero-order valence-electron chi connectivity index (χ0n) is 28.3. The van der Waals surface area contributed by atoms with Crippen LogP contribution < -0.4 is 0 Å². The van der Waals surface area contributed by atoms with Crippen molar-refractivity contribution in [3.63, 3.8) is 0 Å². The van der Waals surface area contributed by atoms with Gasteiger partial charge in [-0.25, -0.2) is 0 Å². The lowest BCUT2D eigenvalue weighted by molar-refractivity contribution is -0.173. The van der Waals surface area contributed by atoms with Crippen molar-refractivity contribution >= 4 is 5.78 Å². The number of hydrogen-bond donors (Lipinski definition) is 1. The Morgan fingerprint density at radius 3 is 1.89 bits per heavy atom. The van der Waals surface area contributed by atoms with Gasteiger partial charge in [-0.3, -0.25) is 4.79 Å². The second kappa shape index (κ2) is 13.2. The highest BCUT2D eigenvalue weighted by atomic mass is 19.4. The molecule has 0 amide bonds. The molecule has 2 saturated carbocycles. The van der Waals surface area contributed by atoms with Crippen molar-refractivity contribution in [3.05, 3.63) is 69.8 Å². The molecule has 0 heterocycles. The number of aliphatic hydroxyl groups is 1. The lowest BCUT2D eigenvalue weighted by Gasteiger charge is -2.52. The summed E-state index contributed by atoms with van der Waals surface area (Å²) in [4.78, 5) is 11.9. The maximum atomic E-state index is 12.9. The van der Waals surface area contributed by atoms with E-state index in [-0.39, 0.29) is 16.7 Å². The highest BCUT2D eigenvalue weighted by Crippen LogP contribution is 2.56. The van der Waals surface area contributed by atoms with Crippen molar-refractivity contribution in [2.24, 2.45) is 17.8 Å². The molecule has 0 aliphatic heterocycles. The number of fused-ring (bicyclic) bond motifs is 6. The van der Waals surface area contributed by atoms with E-state index in [4.69, 9.17) is 0 Å². The molecular formula is C40H55F3O2. The van der Waals surface area contributed by atoms with E-state index >= 15 is 0 Å². The molecule has 0 saturated heterocycles. The fraction of sp³-hybridized carbons (Fsp3) is 0.675. The van der Waals surface area contributed by atoms with Gasteiger partial charge in [0.25, 0.3) is 0 Å². The Morgan fingerprint density at radius 2 is 1.36 bits per heavy atom. The van der Waals surface area contributed by atoms with Crippen LogP contribution >= 0.6 is 0 Å². The van der Waals surface area contributed by atoms with Crippen molar-refractivity contribution in [3.8, 4) is 0 Å². The summed E-state index contributed by atoms with van der Waals surface area (Å²) >= 11 is 0. The van der Waals surface area contributed by atoms with Gasteiger partial charge in [0.1, 0.15) is 5.78 Å². The van der Waals surface area contributed by atoms with Crippen LogP contribution in [0, 0.1) is 31.6 Å². The van der Waals surface area contributed by atoms with Crippen molar-refractivity contribution in [2.75, 3.05) is 0 Å². The molecule has 2 aromatic rings. The van der Waals surface area contributed by atoms with E-state index in [1.54, 1.807) is 18.1 Å². The SMILES string of the molecule is CC[C@@]12CCC(=O)C[C@@H]1CCCc1cc(C)ccc12.CC[C@@]12CC[C@](O)(C(C)CC(F)(F)F)C[C@@H]1CCCc1cc(C)ccc12. The van der Waals surface area contributed by atoms with Gasteiger partial charge in [-0.1, -0.05) is 68.3 Å². The molecule has 1 unspecified atom stereocenters. The Balaban J connectivity index is 0.000000186. The lowest BCUT2D eigenvalue weighted by Crippen LogP contribution is -2.51. The molecule has 0 spiro atoms. The number of hydrogen-bond acceptors (Lipinski definition) is 2. The second-order valence-electron chi connectivity index (χ2n) is 15.3. The molecule has 45 heavy (non-hydrogen) atoms. The van der Waals surface area contributed by atoms with Crippen molar-refractivity contribution in [1.82, 2.24) is 0 Å². The normalized spacial score (nSPS) is 32.0. The van der Waals surface area contributed by atoms with Crippen LogP contribution in [0.3, 0.4) is 0 Å². The Bertz CT molecular complexity index is 1360. The Kier molecular flexibility index (Phi) is 10.0. The number of carbonyl (C=O) groups excluding carboxylic acids is 1. The summed E-state index contributed by atoms with van der Waals surface area (Å²) in [5, 5.41) is 11.1. The predicted octanol–water partition coefficient (Wildman–Crippen LogP) is 10.4. The lowest BCUT2D eigenvalue weighted by atomic mass is 9.55. The van der Waals surface area contributed by atoms with Gasteiger partial charge < -0.3 is 5.11 Å². The minimum atomic E-state index is -4.22. The first-order valence-corrected chi connectivity index (χ1v) is 17.8. The fourth-order valence-corrected chi connectivity index (χ4v) is 10.2. The van der Waals surface area contributed by atoms with Crippen molar-refractivity contribution in [2.45, 2.75) is 154 Å². The molecule has 6 rings (SSSR count). The summed E-state index contributed by atoms with van der Waals surface area (Å²) in [6.45, 7) is 10.4. The molecule has 0 radical (unpaired) electrons. The highest BCUT2D eigenvalue weighted by Gasteiger charge is 2.52. The molecule has 4 aliphatic rings. The number of rotatable bonds is 4. The average Bonchev–Trinajstić information content (AvgIpc) is 3.23. The van der Waals surface area contributed by atoms with Crippen LogP contribution in [0.15, 0.2) is 36.4 Å². The monoisotopic (exact) mass is 624 g/mol. The van der Waals surface area contributed by atoms with E-state index < -0.39 is 24.1 Å². The van der Waals surface area contributed by atoms with Crippen LogP contribution in [0.25, 0.3) is 0 Å². The van der Waals surface area contributed by atoms with Gasteiger partial charge in [0.15, 0.2) is 0 Å². The Hall–Kier alpha value is -2.14. The molecular weight excluding hydrogens is 569 g/mol. The maximum Gasteiger partial charge on any atom is 0.389 e. The van der Waals surface area contributed by atoms with E-state index in [2.05, 4.69) is 64.1 Å². The van der Waals surface area contributed by atoms with E-state index in [0.29, 0.717) is 24.5 Å². The average molecular weight is 625 g/mol. The van der Waals surface area contributed by atoms with Gasteiger partial charge in [0, 0.05) is 19.3 Å². The van der Waals surface area contributed by atoms with E-state index in [0.717, 1.165) is 51.4 Å². The van der Waals surface area contributed by atoms with Gasteiger partial charge in [-0.05, 0) is 142 Å². The first-order chi connectivity index (χ1) is 21.2. The van der Waals surface area contributed by atoms with Crippen LogP contribution in [0.5, 0.6) is 0 Å². The number of halogens is 3. The maximum absolute atomic E-state index is 12.9. The topological polar surface area (TPSA) is 37.3 Å². The van der Waals surface area contributed by atoms with Crippen molar-refractivity contribution in [1.29, 1.82) is 0 Å². The Morgan fingerprint density at radius 1 is 0.822 bits per heavy atom. The number of carbonyl (C=O) groups is 1. The minimum absolute atomic E-state index is 0.00369. The standard InChI is InChI=1S/C22H31F3O.C18H24O/c1-4-20-10-11-21(26,16(3)13-22(23,24)25)14-18(20)7-5-6-17-12-15(2)8-9-19(17)20;1-3-18-10-9-16(19)12-15(18)6-4-5-14-11-13(2)7-8-17(14)18/h8-9,12,16,18,26H,4-7,10-11,13-14H2,1-3H3;7-8,11,15H,3-6,9-10,12H2,1-2H3/t16?,18-,20+,21+;15-,18+/m00/s1. The van der Waals surface area contributed by atoms with E-state index in [1.807, 2.05) is 0 Å². The molecule has 2 fully saturated rings. The summed E-state index contributed by atoms with van der Waals surface area (Å²) in [5.74, 6) is 0.580. The van der Waals surface area contributed by atoms with E-state index in [1.165, 1.54) is 47.9 Å². The number of aryl methyl sites for hydroxylation is 4.